The third kappa shape index (κ3) is 2.68. The Hall–Kier alpha value is -2.72. The third-order valence-electron chi connectivity index (χ3n) is 4.40. The molecular formula is C21H14BrNO2. The highest BCUT2D eigenvalue weighted by atomic mass is 79.9. The summed E-state index contributed by atoms with van der Waals surface area (Å²) in [6.45, 7) is 0.234. The first-order valence-corrected chi connectivity index (χ1v) is 8.74. The van der Waals surface area contributed by atoms with Gasteiger partial charge in [0, 0.05) is 4.47 Å². The van der Waals surface area contributed by atoms with Gasteiger partial charge < -0.3 is 0 Å². The second-order valence-corrected chi connectivity index (χ2v) is 6.73. The minimum atomic E-state index is -0.240. The van der Waals surface area contributed by atoms with Crippen molar-refractivity contribution in [2.75, 3.05) is 0 Å². The number of benzene rings is 3. The van der Waals surface area contributed by atoms with E-state index in [4.69, 9.17) is 0 Å². The van der Waals surface area contributed by atoms with Crippen molar-refractivity contribution in [3.8, 4) is 11.1 Å². The van der Waals surface area contributed by atoms with Gasteiger partial charge in [0.25, 0.3) is 11.8 Å². The molecule has 4 heteroatoms. The van der Waals surface area contributed by atoms with Gasteiger partial charge in [-0.05, 0) is 34.9 Å². The van der Waals surface area contributed by atoms with Gasteiger partial charge in [0.15, 0.2) is 0 Å². The molecule has 0 bridgehead atoms. The van der Waals surface area contributed by atoms with Crippen LogP contribution in [0, 0.1) is 0 Å². The maximum absolute atomic E-state index is 12.7. The van der Waals surface area contributed by atoms with Gasteiger partial charge in [-0.15, -0.1) is 0 Å². The van der Waals surface area contributed by atoms with E-state index < -0.39 is 0 Å². The molecule has 0 saturated heterocycles. The predicted molar refractivity (Wildman–Crippen MR) is 100 cm³/mol. The van der Waals surface area contributed by atoms with E-state index in [9.17, 15) is 9.59 Å². The molecule has 0 saturated carbocycles. The fourth-order valence-corrected chi connectivity index (χ4v) is 3.64. The van der Waals surface area contributed by atoms with Crippen molar-refractivity contribution >= 4 is 27.7 Å². The van der Waals surface area contributed by atoms with Crippen LogP contribution in [-0.2, 0) is 6.54 Å². The lowest BCUT2D eigenvalue weighted by Gasteiger charge is -2.18. The summed E-state index contributed by atoms with van der Waals surface area (Å²) in [7, 11) is 0. The van der Waals surface area contributed by atoms with Gasteiger partial charge in [-0.25, -0.2) is 0 Å². The molecule has 2 amide bonds. The lowest BCUT2D eigenvalue weighted by atomic mass is 9.99. The van der Waals surface area contributed by atoms with Crippen LogP contribution in [0.25, 0.3) is 11.1 Å². The number of fused-ring (bicyclic) bond motifs is 1. The molecule has 0 N–H and O–H groups in total. The Labute approximate surface area is 154 Å². The molecule has 1 aliphatic rings. The van der Waals surface area contributed by atoms with Gasteiger partial charge >= 0.3 is 0 Å². The summed E-state index contributed by atoms with van der Waals surface area (Å²) in [5.74, 6) is -0.481. The molecule has 4 rings (SSSR count). The van der Waals surface area contributed by atoms with Crippen molar-refractivity contribution in [3.63, 3.8) is 0 Å². The molecule has 0 atom stereocenters. The largest absolute Gasteiger partial charge is 0.270 e. The van der Waals surface area contributed by atoms with Crippen molar-refractivity contribution < 1.29 is 9.59 Å². The molecule has 122 valence electrons. The number of imide groups is 1. The first kappa shape index (κ1) is 15.8. The van der Waals surface area contributed by atoms with Crippen molar-refractivity contribution in [2.45, 2.75) is 6.54 Å². The average molecular weight is 392 g/mol. The predicted octanol–water partition coefficient (Wildman–Crippen LogP) is 4.91. The number of hydrogen-bond donors (Lipinski definition) is 0. The highest BCUT2D eigenvalue weighted by Gasteiger charge is 2.35. The number of hydrogen-bond acceptors (Lipinski definition) is 2. The zero-order valence-corrected chi connectivity index (χ0v) is 14.9. The fourth-order valence-electron chi connectivity index (χ4n) is 3.15. The Morgan fingerprint density at radius 3 is 1.88 bits per heavy atom. The zero-order valence-electron chi connectivity index (χ0n) is 13.3. The quantitative estimate of drug-likeness (QED) is 0.594. The maximum atomic E-state index is 12.7. The Morgan fingerprint density at radius 1 is 0.680 bits per heavy atom. The molecular weight excluding hydrogens is 378 g/mol. The molecule has 3 aromatic carbocycles. The number of amides is 2. The number of nitrogens with zero attached hydrogens (tertiary/aromatic N) is 1. The second-order valence-electron chi connectivity index (χ2n) is 5.87. The second kappa shape index (κ2) is 6.30. The van der Waals surface area contributed by atoms with E-state index in [0.717, 1.165) is 21.2 Å². The van der Waals surface area contributed by atoms with Crippen molar-refractivity contribution in [2.24, 2.45) is 0 Å². The Balaban J connectivity index is 1.76. The molecule has 0 aromatic heterocycles. The van der Waals surface area contributed by atoms with Gasteiger partial charge in [-0.3, -0.25) is 14.5 Å². The topological polar surface area (TPSA) is 37.4 Å². The average Bonchev–Trinajstić information content (AvgIpc) is 2.89. The van der Waals surface area contributed by atoms with Gasteiger partial charge in [-0.1, -0.05) is 70.5 Å². The van der Waals surface area contributed by atoms with E-state index in [1.165, 1.54) is 4.90 Å². The number of halogens is 1. The molecule has 3 nitrogen and oxygen atoms in total. The van der Waals surface area contributed by atoms with Crippen LogP contribution < -0.4 is 0 Å². The van der Waals surface area contributed by atoms with Crippen molar-refractivity contribution in [3.05, 3.63) is 94.0 Å². The lowest BCUT2D eigenvalue weighted by Crippen LogP contribution is -2.29. The molecule has 1 heterocycles. The van der Waals surface area contributed by atoms with Crippen LogP contribution in [-0.4, -0.2) is 16.7 Å². The number of carbonyl (C=O) groups is 2. The molecule has 3 aromatic rings. The highest BCUT2D eigenvalue weighted by molar-refractivity contribution is 9.10. The van der Waals surface area contributed by atoms with Gasteiger partial charge in [0.2, 0.25) is 0 Å². The third-order valence-corrected chi connectivity index (χ3v) is 5.14. The Morgan fingerprint density at radius 2 is 1.24 bits per heavy atom. The summed E-state index contributed by atoms with van der Waals surface area (Å²) in [5, 5.41) is 0. The molecule has 0 radical (unpaired) electrons. The van der Waals surface area contributed by atoms with Crippen molar-refractivity contribution in [1.82, 2.24) is 4.90 Å². The smallest absolute Gasteiger partial charge is 0.261 e. The normalized spacial score (nSPS) is 13.2. The van der Waals surface area contributed by atoms with Crippen LogP contribution in [0.15, 0.2) is 77.3 Å². The minimum absolute atomic E-state index is 0.234. The standard InChI is InChI=1S/C21H14BrNO2/c22-19-12-6-11-15(14-7-2-1-3-8-14)18(19)13-23-20(24)16-9-4-5-10-17(16)21(23)25/h1-12H,13H2. The number of rotatable bonds is 3. The van der Waals surface area contributed by atoms with E-state index in [2.05, 4.69) is 15.9 Å². The molecule has 0 aliphatic carbocycles. The summed E-state index contributed by atoms with van der Waals surface area (Å²) in [6.07, 6.45) is 0. The van der Waals surface area contributed by atoms with Crippen LogP contribution in [0.3, 0.4) is 0 Å². The Bertz CT molecular complexity index is 947. The first-order chi connectivity index (χ1) is 12.2. The van der Waals surface area contributed by atoms with Gasteiger partial charge in [-0.2, -0.15) is 0 Å². The van der Waals surface area contributed by atoms with Gasteiger partial charge in [0.05, 0.1) is 17.7 Å². The number of carbonyl (C=O) groups excluding carboxylic acids is 2. The minimum Gasteiger partial charge on any atom is -0.270 e. The molecule has 0 spiro atoms. The maximum Gasteiger partial charge on any atom is 0.261 e. The summed E-state index contributed by atoms with van der Waals surface area (Å²) in [4.78, 5) is 26.6. The zero-order chi connectivity index (χ0) is 17.4. The molecule has 0 fully saturated rings. The van der Waals surface area contributed by atoms with Crippen LogP contribution in [0.1, 0.15) is 26.3 Å². The SMILES string of the molecule is O=C1c2ccccc2C(=O)N1Cc1c(Br)cccc1-c1ccccc1. The molecule has 1 aliphatic heterocycles. The summed E-state index contributed by atoms with van der Waals surface area (Å²) in [6, 6.07) is 22.8. The highest BCUT2D eigenvalue weighted by Crippen LogP contribution is 2.33. The first-order valence-electron chi connectivity index (χ1n) is 7.95. The molecule has 0 unspecified atom stereocenters. The van der Waals surface area contributed by atoms with E-state index >= 15 is 0 Å². The van der Waals surface area contributed by atoms with E-state index in [1.54, 1.807) is 24.3 Å². The van der Waals surface area contributed by atoms with E-state index in [0.29, 0.717) is 11.1 Å². The summed E-state index contributed by atoms with van der Waals surface area (Å²) >= 11 is 3.58. The van der Waals surface area contributed by atoms with Crippen LogP contribution in [0.5, 0.6) is 0 Å². The van der Waals surface area contributed by atoms with Crippen LogP contribution in [0.4, 0.5) is 0 Å². The lowest BCUT2D eigenvalue weighted by molar-refractivity contribution is 0.0642. The van der Waals surface area contributed by atoms with Gasteiger partial charge in [0.1, 0.15) is 0 Å². The fraction of sp³-hybridized carbons (Fsp3) is 0.0476. The van der Waals surface area contributed by atoms with Crippen LogP contribution >= 0.6 is 15.9 Å². The summed E-state index contributed by atoms with van der Waals surface area (Å²) in [5.41, 5.74) is 3.92. The van der Waals surface area contributed by atoms with Crippen LogP contribution in [0.2, 0.25) is 0 Å². The monoisotopic (exact) mass is 391 g/mol. The summed E-state index contributed by atoms with van der Waals surface area (Å²) < 4.78 is 0.880. The Kier molecular flexibility index (Phi) is 3.98. The van der Waals surface area contributed by atoms with E-state index in [-0.39, 0.29) is 18.4 Å². The van der Waals surface area contributed by atoms with E-state index in [1.807, 2.05) is 48.5 Å². The van der Waals surface area contributed by atoms with Crippen molar-refractivity contribution in [1.29, 1.82) is 0 Å². The molecule has 25 heavy (non-hydrogen) atoms.